The summed E-state index contributed by atoms with van der Waals surface area (Å²) < 4.78 is 5.54. The summed E-state index contributed by atoms with van der Waals surface area (Å²) in [7, 11) is 0. The summed E-state index contributed by atoms with van der Waals surface area (Å²) in [4.78, 5) is 11.5. The zero-order valence-corrected chi connectivity index (χ0v) is 9.88. The van der Waals surface area contributed by atoms with Crippen LogP contribution in [0.5, 0.6) is 0 Å². The topological polar surface area (TPSA) is 64.3 Å². The molecule has 0 spiro atoms. The van der Waals surface area contributed by atoms with Gasteiger partial charge in [-0.2, -0.15) is 0 Å². The minimum Gasteiger partial charge on any atom is -0.378 e. The van der Waals surface area contributed by atoms with Crippen LogP contribution < -0.4 is 11.1 Å². The molecular formula is C11H22N2O2. The minimum atomic E-state index is -0.548. The predicted molar refractivity (Wildman–Crippen MR) is 59.5 cm³/mol. The van der Waals surface area contributed by atoms with Crippen LogP contribution in [0.3, 0.4) is 0 Å². The number of hydrogen-bond acceptors (Lipinski definition) is 3. The van der Waals surface area contributed by atoms with Crippen molar-refractivity contribution in [1.82, 2.24) is 5.32 Å². The normalized spacial score (nSPS) is 31.1. The maximum atomic E-state index is 11.5. The lowest BCUT2D eigenvalue weighted by atomic mass is 9.95. The Kier molecular flexibility index (Phi) is 4.11. The molecule has 0 heterocycles. The van der Waals surface area contributed by atoms with Gasteiger partial charge in [-0.25, -0.2) is 0 Å². The van der Waals surface area contributed by atoms with Crippen LogP contribution in [0.4, 0.5) is 0 Å². The van der Waals surface area contributed by atoms with Gasteiger partial charge < -0.3 is 15.8 Å². The fourth-order valence-electron chi connectivity index (χ4n) is 2.36. The van der Waals surface area contributed by atoms with Crippen LogP contribution in [0.15, 0.2) is 0 Å². The predicted octanol–water partition coefficient (Wildman–Crippen LogP) is 0.797. The van der Waals surface area contributed by atoms with Crippen LogP contribution in [0.1, 0.15) is 40.0 Å². The number of primary amides is 1. The molecule has 2 unspecified atom stereocenters. The van der Waals surface area contributed by atoms with Crippen LogP contribution in [0, 0.1) is 0 Å². The number of ether oxygens (including phenoxy) is 1. The van der Waals surface area contributed by atoms with Gasteiger partial charge in [0.25, 0.3) is 0 Å². The highest BCUT2D eigenvalue weighted by Gasteiger charge is 2.44. The van der Waals surface area contributed by atoms with E-state index in [1.54, 1.807) is 0 Å². The smallest absolute Gasteiger partial charge is 0.237 e. The lowest BCUT2D eigenvalue weighted by Crippen LogP contribution is -2.56. The number of rotatable bonds is 5. The molecule has 1 amide bonds. The van der Waals surface area contributed by atoms with Crippen LogP contribution in [0.25, 0.3) is 0 Å². The first-order chi connectivity index (χ1) is 7.00. The summed E-state index contributed by atoms with van der Waals surface area (Å²) in [5.74, 6) is -0.251. The van der Waals surface area contributed by atoms with E-state index in [2.05, 4.69) is 5.32 Å². The van der Waals surface area contributed by atoms with Gasteiger partial charge in [-0.15, -0.1) is 0 Å². The average molecular weight is 214 g/mol. The highest BCUT2D eigenvalue weighted by Crippen LogP contribution is 2.32. The van der Waals surface area contributed by atoms with E-state index in [9.17, 15) is 4.79 Å². The van der Waals surface area contributed by atoms with E-state index in [1.807, 2.05) is 20.8 Å². The van der Waals surface area contributed by atoms with Gasteiger partial charge >= 0.3 is 0 Å². The molecule has 2 atom stereocenters. The monoisotopic (exact) mass is 214 g/mol. The molecule has 1 aliphatic carbocycles. The van der Waals surface area contributed by atoms with Crippen molar-refractivity contribution in [2.24, 2.45) is 5.73 Å². The van der Waals surface area contributed by atoms with Gasteiger partial charge in [0, 0.05) is 19.1 Å². The van der Waals surface area contributed by atoms with Crippen molar-refractivity contribution in [3.63, 3.8) is 0 Å². The molecular weight excluding hydrogens is 192 g/mol. The van der Waals surface area contributed by atoms with Gasteiger partial charge in [0.1, 0.15) is 5.54 Å². The fourth-order valence-corrected chi connectivity index (χ4v) is 2.36. The maximum absolute atomic E-state index is 11.5. The second-order valence-corrected chi connectivity index (χ2v) is 4.57. The molecule has 15 heavy (non-hydrogen) atoms. The van der Waals surface area contributed by atoms with E-state index in [0.29, 0.717) is 13.0 Å². The summed E-state index contributed by atoms with van der Waals surface area (Å²) in [6, 6.07) is 0.262. The molecule has 0 bridgehead atoms. The van der Waals surface area contributed by atoms with Crippen molar-refractivity contribution < 1.29 is 9.53 Å². The summed E-state index contributed by atoms with van der Waals surface area (Å²) in [6.07, 6.45) is 2.57. The van der Waals surface area contributed by atoms with Crippen molar-refractivity contribution in [3.05, 3.63) is 0 Å². The summed E-state index contributed by atoms with van der Waals surface area (Å²) in [6.45, 7) is 6.72. The number of nitrogens with one attached hydrogen (secondary N) is 1. The Bertz CT molecular complexity index is 231. The first-order valence-electron chi connectivity index (χ1n) is 5.69. The molecule has 4 nitrogen and oxygen atoms in total. The third-order valence-corrected chi connectivity index (χ3v) is 2.91. The minimum absolute atomic E-state index is 0.175. The number of hydrogen-bond donors (Lipinski definition) is 2. The Morgan fingerprint density at radius 2 is 2.33 bits per heavy atom. The van der Waals surface area contributed by atoms with E-state index >= 15 is 0 Å². The first-order valence-corrected chi connectivity index (χ1v) is 5.69. The zero-order valence-electron chi connectivity index (χ0n) is 9.88. The third kappa shape index (κ3) is 2.92. The van der Waals surface area contributed by atoms with Crippen LogP contribution in [-0.2, 0) is 9.53 Å². The maximum Gasteiger partial charge on any atom is 0.237 e. The van der Waals surface area contributed by atoms with Crippen molar-refractivity contribution >= 4 is 5.91 Å². The van der Waals surface area contributed by atoms with Gasteiger partial charge in [0.05, 0.1) is 6.10 Å². The first kappa shape index (κ1) is 12.5. The molecule has 4 heteroatoms. The van der Waals surface area contributed by atoms with Gasteiger partial charge in [-0.3, -0.25) is 4.79 Å². The molecule has 1 fully saturated rings. The molecule has 0 aromatic heterocycles. The second-order valence-electron chi connectivity index (χ2n) is 4.57. The molecule has 1 saturated carbocycles. The Morgan fingerprint density at radius 3 is 2.80 bits per heavy atom. The Morgan fingerprint density at radius 1 is 1.67 bits per heavy atom. The van der Waals surface area contributed by atoms with Gasteiger partial charge in [0.15, 0.2) is 0 Å². The zero-order chi connectivity index (χ0) is 11.5. The van der Waals surface area contributed by atoms with Crippen molar-refractivity contribution in [2.45, 2.75) is 57.7 Å². The summed E-state index contributed by atoms with van der Waals surface area (Å²) in [5.41, 5.74) is 4.93. The van der Waals surface area contributed by atoms with Crippen molar-refractivity contribution in [3.8, 4) is 0 Å². The molecule has 0 saturated heterocycles. The molecule has 1 rings (SSSR count). The van der Waals surface area contributed by atoms with Crippen LogP contribution >= 0.6 is 0 Å². The van der Waals surface area contributed by atoms with E-state index in [4.69, 9.17) is 10.5 Å². The number of nitrogens with two attached hydrogens (primary N) is 1. The molecule has 0 radical (unpaired) electrons. The highest BCUT2D eigenvalue weighted by atomic mass is 16.5. The molecule has 1 aliphatic rings. The average Bonchev–Trinajstić information content (AvgIpc) is 2.49. The molecule has 0 aromatic carbocycles. The molecule has 3 N–H and O–H groups in total. The number of carbonyl (C=O) groups excluding carboxylic acids is 1. The standard InChI is InChI=1S/C11H22N2O2/c1-4-15-9-5-6-11(7-9,10(12)14)13-8(2)3/h8-9,13H,4-7H2,1-3H3,(H2,12,14). The molecule has 0 aliphatic heterocycles. The fraction of sp³-hybridized carbons (Fsp3) is 0.909. The molecule has 0 aromatic rings. The van der Waals surface area contributed by atoms with Gasteiger partial charge in [-0.1, -0.05) is 0 Å². The molecule has 88 valence electrons. The third-order valence-electron chi connectivity index (χ3n) is 2.91. The van der Waals surface area contributed by atoms with E-state index in [0.717, 1.165) is 12.8 Å². The van der Waals surface area contributed by atoms with E-state index in [-0.39, 0.29) is 18.1 Å². The van der Waals surface area contributed by atoms with Gasteiger partial charge in [0.2, 0.25) is 5.91 Å². The van der Waals surface area contributed by atoms with Crippen LogP contribution in [0.2, 0.25) is 0 Å². The largest absolute Gasteiger partial charge is 0.378 e. The Hall–Kier alpha value is -0.610. The number of amides is 1. The van der Waals surface area contributed by atoms with Crippen molar-refractivity contribution in [1.29, 1.82) is 0 Å². The van der Waals surface area contributed by atoms with Crippen molar-refractivity contribution in [2.75, 3.05) is 6.61 Å². The van der Waals surface area contributed by atoms with Crippen LogP contribution in [-0.4, -0.2) is 30.2 Å². The summed E-state index contributed by atoms with van der Waals surface area (Å²) in [5, 5.41) is 3.29. The lowest BCUT2D eigenvalue weighted by molar-refractivity contribution is -0.125. The number of carbonyl (C=O) groups is 1. The summed E-state index contributed by atoms with van der Waals surface area (Å²) >= 11 is 0. The Balaban J connectivity index is 2.65. The van der Waals surface area contributed by atoms with Gasteiger partial charge in [-0.05, 0) is 33.6 Å². The second kappa shape index (κ2) is 4.94. The van der Waals surface area contributed by atoms with E-state index in [1.165, 1.54) is 0 Å². The Labute approximate surface area is 91.5 Å². The highest BCUT2D eigenvalue weighted by molar-refractivity contribution is 5.85. The quantitative estimate of drug-likeness (QED) is 0.711. The lowest BCUT2D eigenvalue weighted by Gasteiger charge is -2.29. The SMILES string of the molecule is CCOC1CCC(NC(C)C)(C(N)=O)C1. The van der Waals surface area contributed by atoms with E-state index < -0.39 is 5.54 Å².